The summed E-state index contributed by atoms with van der Waals surface area (Å²) in [5.41, 5.74) is 6.28. The molecule has 1 aliphatic carbocycles. The van der Waals surface area contributed by atoms with Gasteiger partial charge in [-0.2, -0.15) is 0 Å². The Balaban J connectivity index is 2.07. The summed E-state index contributed by atoms with van der Waals surface area (Å²) in [5, 5.41) is 13.6. The smallest absolute Gasteiger partial charge is 0.270 e. The van der Waals surface area contributed by atoms with E-state index in [0.29, 0.717) is 5.56 Å². The van der Waals surface area contributed by atoms with Crippen LogP contribution < -0.4 is 11.1 Å². The summed E-state index contributed by atoms with van der Waals surface area (Å²) in [6, 6.07) is 5.65. The van der Waals surface area contributed by atoms with Crippen LogP contribution in [0, 0.1) is 10.1 Å². The number of rotatable bonds is 3. The Kier molecular flexibility index (Phi) is 4.68. The van der Waals surface area contributed by atoms with Gasteiger partial charge in [-0.25, -0.2) is 0 Å². The molecule has 0 saturated heterocycles. The van der Waals surface area contributed by atoms with Gasteiger partial charge in [0.2, 0.25) is 0 Å². The zero-order chi connectivity index (χ0) is 14.5. The lowest BCUT2D eigenvalue weighted by Gasteiger charge is -2.22. The average Bonchev–Trinajstić information content (AvgIpc) is 2.64. The van der Waals surface area contributed by atoms with Crippen molar-refractivity contribution in [2.24, 2.45) is 5.73 Å². The normalized spacial score (nSPS) is 22.9. The van der Waals surface area contributed by atoms with E-state index in [0.717, 1.165) is 32.1 Å². The maximum Gasteiger partial charge on any atom is 0.270 e. The molecule has 1 aromatic carbocycles. The number of nitro benzene ring substituents is 1. The van der Waals surface area contributed by atoms with Crippen LogP contribution in [0.1, 0.15) is 42.5 Å². The van der Waals surface area contributed by atoms with Crippen LogP contribution in [0.5, 0.6) is 0 Å². The van der Waals surface area contributed by atoms with Crippen LogP contribution >= 0.6 is 0 Å². The second-order valence-electron chi connectivity index (χ2n) is 5.19. The van der Waals surface area contributed by atoms with Crippen molar-refractivity contribution in [3.8, 4) is 0 Å². The molecule has 1 aliphatic rings. The van der Waals surface area contributed by atoms with Crippen molar-refractivity contribution in [3.05, 3.63) is 39.9 Å². The summed E-state index contributed by atoms with van der Waals surface area (Å²) in [7, 11) is 0. The van der Waals surface area contributed by atoms with Gasteiger partial charge in [-0.15, -0.1) is 0 Å². The third kappa shape index (κ3) is 3.54. The van der Waals surface area contributed by atoms with Crippen molar-refractivity contribution in [1.82, 2.24) is 5.32 Å². The van der Waals surface area contributed by atoms with E-state index in [4.69, 9.17) is 5.73 Å². The fraction of sp³-hybridized carbons (Fsp3) is 0.500. The molecule has 20 heavy (non-hydrogen) atoms. The predicted molar refractivity (Wildman–Crippen MR) is 75.4 cm³/mol. The molecule has 6 nitrogen and oxygen atoms in total. The number of benzene rings is 1. The van der Waals surface area contributed by atoms with Gasteiger partial charge >= 0.3 is 0 Å². The highest BCUT2D eigenvalue weighted by Gasteiger charge is 2.23. The Morgan fingerprint density at radius 2 is 2.05 bits per heavy atom. The Hall–Kier alpha value is -1.95. The number of nitro groups is 1. The molecular weight excluding hydrogens is 258 g/mol. The summed E-state index contributed by atoms with van der Waals surface area (Å²) < 4.78 is 0. The molecule has 2 atom stereocenters. The minimum absolute atomic E-state index is 0.0415. The zero-order valence-electron chi connectivity index (χ0n) is 11.2. The van der Waals surface area contributed by atoms with Gasteiger partial charge in [0.15, 0.2) is 0 Å². The highest BCUT2D eigenvalue weighted by molar-refractivity contribution is 5.95. The number of non-ortho nitro benzene ring substituents is 1. The summed E-state index contributed by atoms with van der Waals surface area (Å²) in [6.07, 6.45) is 5.04. The topological polar surface area (TPSA) is 98.3 Å². The van der Waals surface area contributed by atoms with Crippen molar-refractivity contribution >= 4 is 11.6 Å². The summed E-state index contributed by atoms with van der Waals surface area (Å²) in [6.45, 7) is 0. The molecular formula is C14H19N3O3. The molecule has 0 aliphatic heterocycles. The standard InChI is InChI=1S/C14H19N3O3/c15-12-7-2-1-3-8-13(12)16-14(18)10-5-4-6-11(9-10)17(19)20/h4-6,9,12-13H,1-3,7-8,15H2,(H,16,18). The highest BCUT2D eigenvalue weighted by Crippen LogP contribution is 2.18. The number of amides is 1. The van der Waals surface area contributed by atoms with Crippen molar-refractivity contribution in [2.45, 2.75) is 44.2 Å². The van der Waals surface area contributed by atoms with E-state index in [1.807, 2.05) is 0 Å². The molecule has 108 valence electrons. The van der Waals surface area contributed by atoms with Crippen molar-refractivity contribution in [2.75, 3.05) is 0 Å². The quantitative estimate of drug-likeness (QED) is 0.501. The molecule has 2 unspecified atom stereocenters. The third-order valence-corrected chi connectivity index (χ3v) is 3.71. The largest absolute Gasteiger partial charge is 0.348 e. The molecule has 0 spiro atoms. The lowest BCUT2D eigenvalue weighted by atomic mass is 10.0. The fourth-order valence-electron chi connectivity index (χ4n) is 2.53. The molecule has 3 N–H and O–H groups in total. The molecule has 1 aromatic rings. The first-order valence-electron chi connectivity index (χ1n) is 6.89. The maximum absolute atomic E-state index is 12.2. The Morgan fingerprint density at radius 1 is 1.30 bits per heavy atom. The zero-order valence-corrected chi connectivity index (χ0v) is 11.2. The van der Waals surface area contributed by atoms with Crippen LogP contribution in [0.15, 0.2) is 24.3 Å². The minimum atomic E-state index is -0.506. The lowest BCUT2D eigenvalue weighted by molar-refractivity contribution is -0.384. The third-order valence-electron chi connectivity index (χ3n) is 3.71. The van der Waals surface area contributed by atoms with E-state index in [9.17, 15) is 14.9 Å². The van der Waals surface area contributed by atoms with Crippen molar-refractivity contribution < 1.29 is 9.72 Å². The van der Waals surface area contributed by atoms with Gasteiger partial charge in [-0.1, -0.05) is 25.3 Å². The lowest BCUT2D eigenvalue weighted by Crippen LogP contribution is -2.46. The predicted octanol–water partition coefficient (Wildman–Crippen LogP) is 1.98. The molecule has 1 amide bonds. The fourth-order valence-corrected chi connectivity index (χ4v) is 2.53. The number of hydrogen-bond donors (Lipinski definition) is 2. The minimum Gasteiger partial charge on any atom is -0.348 e. The second-order valence-corrected chi connectivity index (χ2v) is 5.19. The van der Waals surface area contributed by atoms with E-state index >= 15 is 0 Å². The van der Waals surface area contributed by atoms with Gasteiger partial charge in [-0.3, -0.25) is 14.9 Å². The summed E-state index contributed by atoms with van der Waals surface area (Å²) in [5.74, 6) is -0.295. The first-order chi connectivity index (χ1) is 9.58. The van der Waals surface area contributed by atoms with Gasteiger partial charge in [0, 0.05) is 29.8 Å². The number of nitrogens with two attached hydrogens (primary N) is 1. The van der Waals surface area contributed by atoms with Gasteiger partial charge in [0.1, 0.15) is 0 Å². The number of carbonyl (C=O) groups is 1. The monoisotopic (exact) mass is 277 g/mol. The van der Waals surface area contributed by atoms with E-state index in [2.05, 4.69) is 5.32 Å². The van der Waals surface area contributed by atoms with E-state index in [1.165, 1.54) is 18.2 Å². The van der Waals surface area contributed by atoms with E-state index in [-0.39, 0.29) is 23.7 Å². The first-order valence-corrected chi connectivity index (χ1v) is 6.89. The Morgan fingerprint density at radius 3 is 2.80 bits per heavy atom. The molecule has 0 heterocycles. The van der Waals surface area contributed by atoms with Gasteiger partial charge in [0.25, 0.3) is 11.6 Å². The van der Waals surface area contributed by atoms with E-state index < -0.39 is 4.92 Å². The van der Waals surface area contributed by atoms with Crippen LogP contribution in [0.4, 0.5) is 5.69 Å². The van der Waals surface area contributed by atoms with Crippen molar-refractivity contribution in [1.29, 1.82) is 0 Å². The van der Waals surface area contributed by atoms with Crippen molar-refractivity contribution in [3.63, 3.8) is 0 Å². The number of carbonyl (C=O) groups excluding carboxylic acids is 1. The van der Waals surface area contributed by atoms with Gasteiger partial charge < -0.3 is 11.1 Å². The van der Waals surface area contributed by atoms with Crippen LogP contribution in [-0.4, -0.2) is 22.9 Å². The summed E-state index contributed by atoms with van der Waals surface area (Å²) >= 11 is 0. The van der Waals surface area contributed by atoms with Crippen LogP contribution in [0.2, 0.25) is 0 Å². The second kappa shape index (κ2) is 6.47. The average molecular weight is 277 g/mol. The van der Waals surface area contributed by atoms with Crippen LogP contribution in [-0.2, 0) is 0 Å². The van der Waals surface area contributed by atoms with E-state index in [1.54, 1.807) is 6.07 Å². The highest BCUT2D eigenvalue weighted by atomic mass is 16.6. The first kappa shape index (κ1) is 14.5. The SMILES string of the molecule is NC1CCCCCC1NC(=O)c1cccc([N+](=O)[O-])c1. The molecule has 0 aromatic heterocycles. The molecule has 2 rings (SSSR count). The molecule has 6 heteroatoms. The van der Waals surface area contributed by atoms with Crippen LogP contribution in [0.25, 0.3) is 0 Å². The molecule has 0 bridgehead atoms. The van der Waals surface area contributed by atoms with Crippen LogP contribution in [0.3, 0.4) is 0 Å². The number of nitrogens with zero attached hydrogens (tertiary/aromatic N) is 1. The maximum atomic E-state index is 12.2. The van der Waals surface area contributed by atoms with Gasteiger partial charge in [0.05, 0.1) is 4.92 Å². The van der Waals surface area contributed by atoms with Gasteiger partial charge in [-0.05, 0) is 18.9 Å². The number of nitrogens with one attached hydrogen (secondary N) is 1. The Bertz CT molecular complexity index is 504. The molecule has 0 radical (unpaired) electrons. The number of hydrogen-bond acceptors (Lipinski definition) is 4. The Labute approximate surface area is 117 Å². The molecule has 1 fully saturated rings. The summed E-state index contributed by atoms with van der Waals surface area (Å²) in [4.78, 5) is 22.4. The molecule has 1 saturated carbocycles.